The molecule has 62 valence electrons. The van der Waals surface area contributed by atoms with E-state index in [-0.39, 0.29) is 5.97 Å². The summed E-state index contributed by atoms with van der Waals surface area (Å²) in [4.78, 5) is 14.4. The van der Waals surface area contributed by atoms with Gasteiger partial charge in [0.05, 0.1) is 6.61 Å². The van der Waals surface area contributed by atoms with E-state index >= 15 is 0 Å². The molecule has 0 atom stereocenters. The SMILES string of the molecule is C=CCCN=CC(=O)OCC. The molecule has 0 radical (unpaired) electrons. The smallest absolute Gasteiger partial charge is 0.348 e. The zero-order valence-corrected chi connectivity index (χ0v) is 6.75. The third kappa shape index (κ3) is 6.77. The summed E-state index contributed by atoms with van der Waals surface area (Å²) < 4.78 is 4.61. The van der Waals surface area contributed by atoms with E-state index in [1.54, 1.807) is 13.0 Å². The van der Waals surface area contributed by atoms with Crippen LogP contribution in [0.4, 0.5) is 0 Å². The lowest BCUT2D eigenvalue weighted by Gasteiger charge is -1.92. The molecule has 11 heavy (non-hydrogen) atoms. The average Bonchev–Trinajstić information content (AvgIpc) is 1.99. The molecule has 0 aromatic rings. The number of hydrogen-bond acceptors (Lipinski definition) is 3. The number of ether oxygens (including phenoxy) is 1. The summed E-state index contributed by atoms with van der Waals surface area (Å²) in [6, 6.07) is 0. The van der Waals surface area contributed by atoms with Gasteiger partial charge in [0.1, 0.15) is 6.21 Å². The van der Waals surface area contributed by atoms with Gasteiger partial charge >= 0.3 is 5.97 Å². The van der Waals surface area contributed by atoms with Crippen molar-refractivity contribution in [3.63, 3.8) is 0 Å². The standard InChI is InChI=1S/C8H13NO2/c1-3-5-6-9-7-8(10)11-4-2/h3,7H,1,4-6H2,2H3. The Kier molecular flexibility index (Phi) is 6.28. The Morgan fingerprint density at radius 2 is 2.45 bits per heavy atom. The summed E-state index contributed by atoms with van der Waals surface area (Å²) in [5, 5.41) is 0. The quantitative estimate of drug-likeness (QED) is 0.259. The van der Waals surface area contributed by atoms with Gasteiger partial charge in [-0.2, -0.15) is 0 Å². The minimum absolute atomic E-state index is 0.378. The molecule has 0 aliphatic rings. The molecular formula is C8H13NO2. The van der Waals surface area contributed by atoms with Gasteiger partial charge in [0.15, 0.2) is 0 Å². The predicted octanol–water partition coefficient (Wildman–Crippen LogP) is 1.20. The molecule has 0 heterocycles. The summed E-state index contributed by atoms with van der Waals surface area (Å²) in [5.74, 6) is -0.378. The fraction of sp³-hybridized carbons (Fsp3) is 0.500. The van der Waals surface area contributed by atoms with Crippen LogP contribution in [0.15, 0.2) is 17.6 Å². The lowest BCUT2D eigenvalue weighted by Crippen LogP contribution is -2.04. The molecule has 0 bridgehead atoms. The number of nitrogens with zero attached hydrogens (tertiary/aromatic N) is 1. The van der Waals surface area contributed by atoms with E-state index in [2.05, 4.69) is 16.3 Å². The van der Waals surface area contributed by atoms with E-state index in [0.29, 0.717) is 13.2 Å². The van der Waals surface area contributed by atoms with E-state index in [1.807, 2.05) is 0 Å². The highest BCUT2D eigenvalue weighted by molar-refractivity contribution is 6.23. The molecule has 3 heteroatoms. The predicted molar refractivity (Wildman–Crippen MR) is 44.8 cm³/mol. The first kappa shape index (κ1) is 9.88. The molecule has 3 nitrogen and oxygen atoms in total. The molecule has 0 rings (SSSR count). The van der Waals surface area contributed by atoms with Gasteiger partial charge in [0.25, 0.3) is 0 Å². The van der Waals surface area contributed by atoms with Crippen LogP contribution >= 0.6 is 0 Å². The topological polar surface area (TPSA) is 38.7 Å². The Labute approximate surface area is 66.8 Å². The van der Waals surface area contributed by atoms with Gasteiger partial charge in [-0.1, -0.05) is 6.08 Å². The van der Waals surface area contributed by atoms with Crippen molar-refractivity contribution in [2.24, 2.45) is 4.99 Å². The second kappa shape index (κ2) is 6.99. The largest absolute Gasteiger partial charge is 0.462 e. The zero-order valence-electron chi connectivity index (χ0n) is 6.75. The molecule has 0 N–H and O–H groups in total. The monoisotopic (exact) mass is 155 g/mol. The van der Waals surface area contributed by atoms with Gasteiger partial charge in [-0.05, 0) is 13.3 Å². The van der Waals surface area contributed by atoms with Crippen molar-refractivity contribution in [1.82, 2.24) is 0 Å². The maximum Gasteiger partial charge on any atom is 0.348 e. The fourth-order valence-electron chi connectivity index (χ4n) is 0.484. The van der Waals surface area contributed by atoms with Gasteiger partial charge in [-0.15, -0.1) is 6.58 Å². The van der Waals surface area contributed by atoms with Crippen molar-refractivity contribution in [1.29, 1.82) is 0 Å². The summed E-state index contributed by atoms with van der Waals surface area (Å²) in [5.41, 5.74) is 0. The maximum atomic E-state index is 10.6. The Bertz CT molecular complexity index is 152. The second-order valence-corrected chi connectivity index (χ2v) is 1.86. The van der Waals surface area contributed by atoms with Crippen LogP contribution in [0.5, 0.6) is 0 Å². The van der Waals surface area contributed by atoms with Crippen LogP contribution in [0.2, 0.25) is 0 Å². The van der Waals surface area contributed by atoms with Gasteiger partial charge in [-0.25, -0.2) is 4.79 Å². The first-order valence-corrected chi connectivity index (χ1v) is 3.58. The Morgan fingerprint density at radius 3 is 3.00 bits per heavy atom. The zero-order chi connectivity index (χ0) is 8.53. The van der Waals surface area contributed by atoms with Crippen LogP contribution in [0.25, 0.3) is 0 Å². The first-order chi connectivity index (χ1) is 5.31. The molecule has 0 aliphatic heterocycles. The van der Waals surface area contributed by atoms with E-state index in [1.165, 1.54) is 6.21 Å². The van der Waals surface area contributed by atoms with Crippen LogP contribution in [0.3, 0.4) is 0 Å². The van der Waals surface area contributed by atoms with Crippen LogP contribution in [0, 0.1) is 0 Å². The minimum Gasteiger partial charge on any atom is -0.462 e. The molecular weight excluding hydrogens is 142 g/mol. The molecule has 0 amide bonds. The normalized spacial score (nSPS) is 9.91. The molecule has 0 saturated carbocycles. The number of aliphatic imine (C=N–C) groups is 1. The molecule has 0 unspecified atom stereocenters. The van der Waals surface area contributed by atoms with E-state index in [0.717, 1.165) is 6.42 Å². The average molecular weight is 155 g/mol. The van der Waals surface area contributed by atoms with Gasteiger partial charge in [-0.3, -0.25) is 4.99 Å². The maximum absolute atomic E-state index is 10.6. The van der Waals surface area contributed by atoms with E-state index < -0.39 is 0 Å². The lowest BCUT2D eigenvalue weighted by atomic mass is 10.4. The number of rotatable bonds is 5. The number of carbonyl (C=O) groups excluding carboxylic acids is 1. The minimum atomic E-state index is -0.378. The second-order valence-electron chi connectivity index (χ2n) is 1.86. The Balaban J connectivity index is 3.39. The van der Waals surface area contributed by atoms with Crippen LogP contribution in [-0.4, -0.2) is 25.3 Å². The highest BCUT2D eigenvalue weighted by atomic mass is 16.5. The number of hydrogen-bond donors (Lipinski definition) is 0. The van der Waals surface area contributed by atoms with Crippen LogP contribution in [-0.2, 0) is 9.53 Å². The highest BCUT2D eigenvalue weighted by Gasteiger charge is 1.91. The molecule has 0 saturated heterocycles. The third-order valence-electron chi connectivity index (χ3n) is 0.946. The number of esters is 1. The Hall–Kier alpha value is -1.12. The van der Waals surface area contributed by atoms with Crippen molar-refractivity contribution >= 4 is 12.2 Å². The van der Waals surface area contributed by atoms with Crippen molar-refractivity contribution < 1.29 is 9.53 Å². The lowest BCUT2D eigenvalue weighted by molar-refractivity contribution is -0.134. The molecule has 0 aromatic carbocycles. The highest BCUT2D eigenvalue weighted by Crippen LogP contribution is 1.80. The van der Waals surface area contributed by atoms with Crippen molar-refractivity contribution in [3.8, 4) is 0 Å². The van der Waals surface area contributed by atoms with Gasteiger partial charge in [0.2, 0.25) is 0 Å². The first-order valence-electron chi connectivity index (χ1n) is 3.58. The molecule has 0 aliphatic carbocycles. The van der Waals surface area contributed by atoms with Crippen LogP contribution < -0.4 is 0 Å². The number of carbonyl (C=O) groups is 1. The molecule has 0 aromatic heterocycles. The summed E-state index contributed by atoms with van der Waals surface area (Å²) in [6.07, 6.45) is 3.74. The third-order valence-corrected chi connectivity index (χ3v) is 0.946. The Morgan fingerprint density at radius 1 is 1.73 bits per heavy atom. The van der Waals surface area contributed by atoms with Crippen LogP contribution in [0.1, 0.15) is 13.3 Å². The summed E-state index contributed by atoms with van der Waals surface area (Å²) in [6.45, 7) is 6.28. The van der Waals surface area contributed by atoms with Crippen molar-refractivity contribution in [3.05, 3.63) is 12.7 Å². The summed E-state index contributed by atoms with van der Waals surface area (Å²) in [7, 11) is 0. The molecule has 0 fully saturated rings. The van der Waals surface area contributed by atoms with Gasteiger partial charge < -0.3 is 4.74 Å². The molecule has 0 spiro atoms. The fourth-order valence-corrected chi connectivity index (χ4v) is 0.484. The van der Waals surface area contributed by atoms with Crippen molar-refractivity contribution in [2.75, 3.05) is 13.2 Å². The van der Waals surface area contributed by atoms with Crippen molar-refractivity contribution in [2.45, 2.75) is 13.3 Å². The van der Waals surface area contributed by atoms with E-state index in [9.17, 15) is 4.79 Å². The summed E-state index contributed by atoms with van der Waals surface area (Å²) >= 11 is 0. The van der Waals surface area contributed by atoms with Gasteiger partial charge in [0, 0.05) is 6.54 Å². The van der Waals surface area contributed by atoms with E-state index in [4.69, 9.17) is 0 Å².